The molecule has 1 N–H and O–H groups in total. The molecule has 0 saturated heterocycles. The molecule has 1 aromatic carbocycles. The molecule has 2 heterocycles. The van der Waals surface area contributed by atoms with Gasteiger partial charge in [-0.05, 0) is 30.3 Å². The molecule has 0 bridgehead atoms. The second-order valence-electron chi connectivity index (χ2n) is 4.57. The number of halogens is 3. The SMILES string of the molecule is OCc1cc2ccc(C(F)(F)F)nc2n1-c1ccccc1. The van der Waals surface area contributed by atoms with E-state index in [1.807, 2.05) is 6.07 Å². The van der Waals surface area contributed by atoms with Crippen LogP contribution in [-0.4, -0.2) is 14.7 Å². The van der Waals surface area contributed by atoms with Gasteiger partial charge in [0.05, 0.1) is 12.3 Å². The number of hydrogen-bond donors (Lipinski definition) is 1. The molecule has 0 radical (unpaired) electrons. The standard InChI is InChI=1S/C15H11F3N2O/c16-15(17,18)13-7-6-10-8-12(9-21)20(14(10)19-13)11-4-2-1-3-5-11/h1-8,21H,9H2. The largest absolute Gasteiger partial charge is 0.433 e. The van der Waals surface area contributed by atoms with E-state index in [9.17, 15) is 18.3 Å². The van der Waals surface area contributed by atoms with Crippen molar-refractivity contribution >= 4 is 11.0 Å². The predicted molar refractivity (Wildman–Crippen MR) is 72.0 cm³/mol. The molecule has 6 heteroatoms. The molecule has 21 heavy (non-hydrogen) atoms. The summed E-state index contributed by atoms with van der Waals surface area (Å²) in [5, 5.41) is 9.99. The summed E-state index contributed by atoms with van der Waals surface area (Å²) in [7, 11) is 0. The Labute approximate surface area is 118 Å². The molecule has 3 aromatic rings. The lowest BCUT2D eigenvalue weighted by molar-refractivity contribution is -0.141. The number of para-hydroxylation sites is 1. The number of nitrogens with zero attached hydrogens (tertiary/aromatic N) is 2. The van der Waals surface area contributed by atoms with E-state index in [0.717, 1.165) is 6.07 Å². The van der Waals surface area contributed by atoms with Gasteiger partial charge in [0, 0.05) is 11.1 Å². The third-order valence-electron chi connectivity index (χ3n) is 3.19. The summed E-state index contributed by atoms with van der Waals surface area (Å²) in [5.41, 5.74) is 0.376. The molecule has 0 unspecified atom stereocenters. The Bertz CT molecular complexity index is 779. The van der Waals surface area contributed by atoms with Crippen molar-refractivity contribution in [2.45, 2.75) is 12.8 Å². The Balaban J connectivity index is 2.30. The summed E-state index contributed by atoms with van der Waals surface area (Å²) in [5.74, 6) is 0. The van der Waals surface area contributed by atoms with Crippen molar-refractivity contribution in [3.05, 3.63) is 59.9 Å². The van der Waals surface area contributed by atoms with Gasteiger partial charge in [-0.1, -0.05) is 18.2 Å². The Kier molecular flexibility index (Phi) is 3.17. The van der Waals surface area contributed by atoms with Gasteiger partial charge in [0.25, 0.3) is 0 Å². The van der Waals surface area contributed by atoms with E-state index >= 15 is 0 Å². The van der Waals surface area contributed by atoms with Crippen LogP contribution in [0.15, 0.2) is 48.5 Å². The van der Waals surface area contributed by atoms with Crippen LogP contribution in [0.4, 0.5) is 13.2 Å². The molecule has 0 saturated carbocycles. The minimum absolute atomic E-state index is 0.181. The quantitative estimate of drug-likeness (QED) is 0.784. The maximum Gasteiger partial charge on any atom is 0.433 e. The first-order valence-corrected chi connectivity index (χ1v) is 6.25. The van der Waals surface area contributed by atoms with Crippen molar-refractivity contribution in [2.24, 2.45) is 0 Å². The molecular formula is C15H11F3N2O. The Hall–Kier alpha value is -2.34. The second-order valence-corrected chi connectivity index (χ2v) is 4.57. The fraction of sp³-hybridized carbons (Fsp3) is 0.133. The number of alkyl halides is 3. The second kappa shape index (κ2) is 4.89. The topological polar surface area (TPSA) is 38.1 Å². The van der Waals surface area contributed by atoms with Crippen molar-refractivity contribution in [3.63, 3.8) is 0 Å². The highest BCUT2D eigenvalue weighted by Gasteiger charge is 2.33. The maximum atomic E-state index is 12.8. The average molecular weight is 292 g/mol. The third kappa shape index (κ3) is 2.38. The van der Waals surface area contributed by atoms with Gasteiger partial charge in [0.2, 0.25) is 0 Å². The summed E-state index contributed by atoms with van der Waals surface area (Å²) in [6, 6.07) is 12.8. The summed E-state index contributed by atoms with van der Waals surface area (Å²) < 4.78 is 40.0. The number of aliphatic hydroxyl groups excluding tert-OH is 1. The zero-order valence-electron chi connectivity index (χ0n) is 10.8. The molecule has 3 nitrogen and oxygen atoms in total. The van der Waals surface area contributed by atoms with Crippen LogP contribution < -0.4 is 0 Å². The lowest BCUT2D eigenvalue weighted by atomic mass is 10.3. The lowest BCUT2D eigenvalue weighted by Crippen LogP contribution is -2.09. The average Bonchev–Trinajstić information content (AvgIpc) is 2.84. The van der Waals surface area contributed by atoms with Crippen LogP contribution >= 0.6 is 0 Å². The predicted octanol–water partition coefficient (Wildman–Crippen LogP) is 3.54. The minimum atomic E-state index is -4.50. The smallest absolute Gasteiger partial charge is 0.390 e. The van der Waals surface area contributed by atoms with Crippen LogP contribution in [0.3, 0.4) is 0 Å². The minimum Gasteiger partial charge on any atom is -0.390 e. The Morgan fingerprint density at radius 3 is 2.38 bits per heavy atom. The third-order valence-corrected chi connectivity index (χ3v) is 3.19. The first kappa shape index (κ1) is 13.6. The van der Waals surface area contributed by atoms with Gasteiger partial charge < -0.3 is 5.11 Å². The highest BCUT2D eigenvalue weighted by Crippen LogP contribution is 2.31. The number of hydrogen-bond acceptors (Lipinski definition) is 2. The van der Waals surface area contributed by atoms with Crippen molar-refractivity contribution in [2.75, 3.05) is 0 Å². The number of benzene rings is 1. The maximum absolute atomic E-state index is 12.8. The molecule has 0 aliphatic rings. The molecule has 0 aliphatic carbocycles. The van der Waals surface area contributed by atoms with E-state index in [2.05, 4.69) is 4.98 Å². The molecule has 0 atom stereocenters. The Morgan fingerprint density at radius 2 is 1.76 bits per heavy atom. The van der Waals surface area contributed by atoms with Crippen molar-refractivity contribution in [3.8, 4) is 5.69 Å². The van der Waals surface area contributed by atoms with E-state index in [-0.39, 0.29) is 12.3 Å². The van der Waals surface area contributed by atoms with Crippen molar-refractivity contribution < 1.29 is 18.3 Å². The van der Waals surface area contributed by atoms with Crippen molar-refractivity contribution in [1.29, 1.82) is 0 Å². The molecule has 3 rings (SSSR count). The molecular weight excluding hydrogens is 281 g/mol. The highest BCUT2D eigenvalue weighted by molar-refractivity contribution is 5.80. The zero-order valence-corrected chi connectivity index (χ0v) is 10.8. The van der Waals surface area contributed by atoms with Gasteiger partial charge in [-0.2, -0.15) is 13.2 Å². The summed E-state index contributed by atoms with van der Waals surface area (Å²) in [6.07, 6.45) is -4.50. The van der Waals surface area contributed by atoms with Gasteiger partial charge >= 0.3 is 6.18 Å². The van der Waals surface area contributed by atoms with Crippen molar-refractivity contribution in [1.82, 2.24) is 9.55 Å². The molecule has 108 valence electrons. The molecule has 0 spiro atoms. The first-order valence-electron chi connectivity index (χ1n) is 6.25. The summed E-state index contributed by atoms with van der Waals surface area (Å²) in [6.45, 7) is -0.285. The number of aromatic nitrogens is 2. The van der Waals surface area contributed by atoms with E-state index < -0.39 is 11.9 Å². The Morgan fingerprint density at radius 1 is 1.05 bits per heavy atom. The van der Waals surface area contributed by atoms with E-state index in [1.165, 1.54) is 10.6 Å². The van der Waals surface area contributed by atoms with Crippen LogP contribution in [-0.2, 0) is 12.8 Å². The van der Waals surface area contributed by atoms with E-state index in [4.69, 9.17) is 0 Å². The fourth-order valence-electron chi connectivity index (χ4n) is 2.27. The van der Waals surface area contributed by atoms with E-state index in [0.29, 0.717) is 16.8 Å². The number of pyridine rings is 1. The van der Waals surface area contributed by atoms with Crippen LogP contribution in [0.5, 0.6) is 0 Å². The molecule has 0 amide bonds. The first-order chi connectivity index (χ1) is 10.0. The van der Waals surface area contributed by atoms with Gasteiger partial charge in [0.1, 0.15) is 11.3 Å². The van der Waals surface area contributed by atoms with E-state index in [1.54, 1.807) is 30.3 Å². The van der Waals surface area contributed by atoms with Gasteiger partial charge in [-0.15, -0.1) is 0 Å². The van der Waals surface area contributed by atoms with Crippen LogP contribution in [0.25, 0.3) is 16.7 Å². The number of aliphatic hydroxyl groups is 1. The number of rotatable bonds is 2. The molecule has 2 aromatic heterocycles. The monoisotopic (exact) mass is 292 g/mol. The number of fused-ring (bicyclic) bond motifs is 1. The molecule has 0 fully saturated rings. The van der Waals surface area contributed by atoms with Crippen LogP contribution in [0.2, 0.25) is 0 Å². The summed E-state index contributed by atoms with van der Waals surface area (Å²) >= 11 is 0. The van der Waals surface area contributed by atoms with Gasteiger partial charge in [-0.25, -0.2) is 4.98 Å². The zero-order chi connectivity index (χ0) is 15.0. The van der Waals surface area contributed by atoms with Crippen LogP contribution in [0, 0.1) is 0 Å². The lowest BCUT2D eigenvalue weighted by Gasteiger charge is -2.10. The fourth-order valence-corrected chi connectivity index (χ4v) is 2.27. The summed E-state index contributed by atoms with van der Waals surface area (Å²) in [4.78, 5) is 3.72. The van der Waals surface area contributed by atoms with Gasteiger partial charge in [-0.3, -0.25) is 4.57 Å². The highest BCUT2D eigenvalue weighted by atomic mass is 19.4. The molecule has 0 aliphatic heterocycles. The van der Waals surface area contributed by atoms with Crippen LogP contribution in [0.1, 0.15) is 11.4 Å². The van der Waals surface area contributed by atoms with Gasteiger partial charge in [0.15, 0.2) is 0 Å². The normalized spacial score (nSPS) is 12.0.